The molecule has 0 aromatic heterocycles. The van der Waals surface area contributed by atoms with E-state index in [1.807, 2.05) is 30.3 Å². The van der Waals surface area contributed by atoms with Crippen molar-refractivity contribution in [1.29, 1.82) is 0 Å². The minimum Gasteiger partial charge on any atom is -0.444 e. The van der Waals surface area contributed by atoms with Crippen molar-refractivity contribution in [2.75, 3.05) is 6.44 Å². The van der Waals surface area contributed by atoms with E-state index in [0.717, 1.165) is 18.4 Å². The summed E-state index contributed by atoms with van der Waals surface area (Å²) in [5, 5.41) is 11.0. The molecule has 1 aliphatic heterocycles. The number of carbonyl (C=O) groups is 4. The number of benzene rings is 1. The van der Waals surface area contributed by atoms with E-state index in [9.17, 15) is 19.2 Å². The lowest BCUT2D eigenvalue weighted by Crippen LogP contribution is -2.65. The zero-order valence-corrected chi connectivity index (χ0v) is 28.2. The van der Waals surface area contributed by atoms with Crippen molar-refractivity contribution in [3.63, 3.8) is 0 Å². The van der Waals surface area contributed by atoms with Gasteiger partial charge in [-0.15, -0.1) is 0 Å². The molecule has 45 heavy (non-hydrogen) atoms. The molecule has 0 spiro atoms. The molecular weight excluding hydrogens is 575 g/mol. The van der Waals surface area contributed by atoms with Gasteiger partial charge in [0.15, 0.2) is 0 Å². The van der Waals surface area contributed by atoms with Crippen molar-refractivity contribution >= 4 is 30.9 Å². The number of amides is 4. The molecule has 5 rings (SSSR count). The predicted molar refractivity (Wildman–Crippen MR) is 171 cm³/mol. The second kappa shape index (κ2) is 13.3. The lowest BCUT2D eigenvalue weighted by Gasteiger charge is -2.64. The molecular formula is C33H51BN4O7. The number of hydrogen-bond donors (Lipinski definition) is 4. The first-order valence-corrected chi connectivity index (χ1v) is 16.2. The summed E-state index contributed by atoms with van der Waals surface area (Å²) in [5.74, 6) is -0.693. The Morgan fingerprint density at radius 1 is 0.956 bits per heavy atom. The molecule has 4 amide bonds. The van der Waals surface area contributed by atoms with Crippen molar-refractivity contribution in [2.24, 2.45) is 23.2 Å². The van der Waals surface area contributed by atoms with Gasteiger partial charge in [-0.2, -0.15) is 0 Å². The standard InChI is InChI=1S/C33H51BN4O7/c1-19(2)26(38-30(42)43-31(4,5)6)29(41)37-23(15-21-13-11-10-12-14-21)28(40)36-20(3)27(39)35-18-34-44-25-17-22-16-24(32(22,7)8)33(25,9)45-34/h10-14,19-20,22-26H,15-18H2,1-9H3,(H,35,39)(H,36,40)(H,37,41)(H,38,42)/t20-,22?,23-,24?,25+,26-,33-/m0/s1. The third kappa shape index (κ3) is 8.00. The maximum atomic E-state index is 13.5. The number of ether oxygens (including phenoxy) is 1. The molecule has 1 aromatic carbocycles. The highest BCUT2D eigenvalue weighted by atomic mass is 16.7. The highest BCUT2D eigenvalue weighted by molar-refractivity contribution is 6.46. The third-order valence-corrected chi connectivity index (χ3v) is 9.73. The van der Waals surface area contributed by atoms with Crippen molar-refractivity contribution in [3.8, 4) is 0 Å². The van der Waals surface area contributed by atoms with Gasteiger partial charge in [-0.05, 0) is 76.2 Å². The van der Waals surface area contributed by atoms with E-state index in [4.69, 9.17) is 14.0 Å². The van der Waals surface area contributed by atoms with E-state index in [-0.39, 0.29) is 35.9 Å². The van der Waals surface area contributed by atoms with Crippen LogP contribution in [0.2, 0.25) is 0 Å². The van der Waals surface area contributed by atoms with E-state index in [1.165, 1.54) is 0 Å². The van der Waals surface area contributed by atoms with Crippen LogP contribution in [-0.4, -0.2) is 72.8 Å². The number of rotatable bonds is 11. The van der Waals surface area contributed by atoms with E-state index < -0.39 is 54.7 Å². The van der Waals surface area contributed by atoms with Crippen LogP contribution in [0.1, 0.15) is 80.7 Å². The Morgan fingerprint density at radius 3 is 2.22 bits per heavy atom. The van der Waals surface area contributed by atoms with Crippen molar-refractivity contribution in [2.45, 2.75) is 117 Å². The van der Waals surface area contributed by atoms with Crippen LogP contribution in [0.5, 0.6) is 0 Å². The maximum Gasteiger partial charge on any atom is 0.478 e. The van der Waals surface area contributed by atoms with Gasteiger partial charge >= 0.3 is 13.2 Å². The molecule has 1 aromatic rings. The molecule has 1 heterocycles. The first-order chi connectivity index (χ1) is 20.9. The zero-order chi connectivity index (χ0) is 33.3. The topological polar surface area (TPSA) is 144 Å². The zero-order valence-electron chi connectivity index (χ0n) is 28.2. The molecule has 248 valence electrons. The summed E-state index contributed by atoms with van der Waals surface area (Å²) in [6.45, 7) is 17.1. The molecule has 2 unspecified atom stereocenters. The second-order valence-electron chi connectivity index (χ2n) is 15.0. The summed E-state index contributed by atoms with van der Waals surface area (Å²) in [4.78, 5) is 52.4. The molecule has 12 heteroatoms. The van der Waals surface area contributed by atoms with E-state index in [0.29, 0.717) is 11.8 Å². The van der Waals surface area contributed by atoms with Crippen molar-refractivity contribution < 1.29 is 33.2 Å². The highest BCUT2D eigenvalue weighted by Gasteiger charge is 2.67. The Balaban J connectivity index is 1.35. The molecule has 3 saturated carbocycles. The van der Waals surface area contributed by atoms with Crippen LogP contribution in [0.25, 0.3) is 0 Å². The SMILES string of the molecule is CC(C)[C@H](NC(=O)OC(C)(C)C)C(=O)N[C@@H](Cc1ccccc1)C(=O)N[C@@H](C)C(=O)NCB1O[C@@H]2CC3CC(C3(C)C)[C@]2(C)O1. The summed E-state index contributed by atoms with van der Waals surface area (Å²) < 4.78 is 17.9. The van der Waals surface area contributed by atoms with Crippen LogP contribution >= 0.6 is 0 Å². The molecule has 4 aliphatic rings. The Morgan fingerprint density at radius 2 is 1.62 bits per heavy atom. The fourth-order valence-electron chi connectivity index (χ4n) is 7.04. The predicted octanol–water partition coefficient (Wildman–Crippen LogP) is 3.15. The Bertz CT molecular complexity index is 1250. The van der Waals surface area contributed by atoms with Crippen LogP contribution in [0.4, 0.5) is 4.79 Å². The first-order valence-electron chi connectivity index (χ1n) is 16.2. The minimum atomic E-state index is -1.00. The number of hydrogen-bond acceptors (Lipinski definition) is 7. The van der Waals surface area contributed by atoms with Gasteiger partial charge < -0.3 is 35.3 Å². The molecule has 3 aliphatic carbocycles. The lowest BCUT2D eigenvalue weighted by molar-refractivity contribution is -0.199. The Labute approximate surface area is 267 Å². The van der Waals surface area contributed by atoms with E-state index in [2.05, 4.69) is 42.0 Å². The van der Waals surface area contributed by atoms with Gasteiger partial charge in [0.1, 0.15) is 23.7 Å². The molecule has 0 radical (unpaired) electrons. The average Bonchev–Trinajstić information content (AvgIpc) is 3.29. The normalized spacial score (nSPS) is 26.9. The quantitative estimate of drug-likeness (QED) is 0.276. The van der Waals surface area contributed by atoms with Crippen molar-refractivity contribution in [1.82, 2.24) is 21.3 Å². The van der Waals surface area contributed by atoms with Gasteiger partial charge in [0.25, 0.3) is 0 Å². The van der Waals surface area contributed by atoms with Crippen molar-refractivity contribution in [3.05, 3.63) is 35.9 Å². The minimum absolute atomic E-state index is 0.00938. The van der Waals surface area contributed by atoms with Gasteiger partial charge in [0.05, 0.1) is 18.1 Å². The molecule has 1 saturated heterocycles. The van der Waals surface area contributed by atoms with E-state index >= 15 is 0 Å². The number of carbonyl (C=O) groups excluding carboxylic acids is 4. The molecule has 7 atom stereocenters. The fraction of sp³-hybridized carbons (Fsp3) is 0.697. The maximum absolute atomic E-state index is 13.5. The molecule has 4 N–H and O–H groups in total. The largest absolute Gasteiger partial charge is 0.478 e. The van der Waals surface area contributed by atoms with Crippen LogP contribution in [0, 0.1) is 23.2 Å². The summed E-state index contributed by atoms with van der Waals surface area (Å²) in [6.07, 6.45) is 1.73. The monoisotopic (exact) mass is 626 g/mol. The van der Waals surface area contributed by atoms with Gasteiger partial charge in [-0.1, -0.05) is 58.0 Å². The van der Waals surface area contributed by atoms with Gasteiger partial charge in [0.2, 0.25) is 17.7 Å². The summed E-state index contributed by atoms with van der Waals surface area (Å²) in [7, 11) is -0.558. The molecule has 11 nitrogen and oxygen atoms in total. The van der Waals surface area contributed by atoms with Gasteiger partial charge in [0, 0.05) is 6.42 Å². The van der Waals surface area contributed by atoms with Crippen LogP contribution in [0.15, 0.2) is 30.3 Å². The molecule has 4 fully saturated rings. The van der Waals surface area contributed by atoms with Crippen LogP contribution in [-0.2, 0) is 34.9 Å². The summed E-state index contributed by atoms with van der Waals surface area (Å²) in [5.41, 5.74) is -0.0681. The summed E-state index contributed by atoms with van der Waals surface area (Å²) >= 11 is 0. The number of nitrogens with one attached hydrogen (secondary N) is 4. The number of alkyl carbamates (subject to hydrolysis) is 1. The lowest BCUT2D eigenvalue weighted by atomic mass is 9.43. The Hall–Kier alpha value is -3.12. The third-order valence-electron chi connectivity index (χ3n) is 9.73. The Kier molecular flexibility index (Phi) is 10.3. The summed E-state index contributed by atoms with van der Waals surface area (Å²) in [6, 6.07) is 6.42. The second-order valence-corrected chi connectivity index (χ2v) is 15.0. The van der Waals surface area contributed by atoms with Gasteiger partial charge in [-0.25, -0.2) is 4.79 Å². The van der Waals surface area contributed by atoms with Crippen LogP contribution < -0.4 is 21.3 Å². The van der Waals surface area contributed by atoms with Crippen LogP contribution in [0.3, 0.4) is 0 Å². The smallest absolute Gasteiger partial charge is 0.444 e. The average molecular weight is 627 g/mol. The van der Waals surface area contributed by atoms with E-state index in [1.54, 1.807) is 41.5 Å². The molecule has 2 bridgehead atoms. The first kappa shape index (κ1) is 34.8. The van der Waals surface area contributed by atoms with Gasteiger partial charge in [-0.3, -0.25) is 14.4 Å². The highest BCUT2D eigenvalue weighted by Crippen LogP contribution is 2.65. The fourth-order valence-corrected chi connectivity index (χ4v) is 7.04.